The summed E-state index contributed by atoms with van der Waals surface area (Å²) in [4.78, 5) is 0. The average Bonchev–Trinajstić information content (AvgIpc) is 2.17. The molecule has 1 rings (SSSR count). The molecule has 0 aromatic rings. The first kappa shape index (κ1) is 11.0. The van der Waals surface area contributed by atoms with Crippen LogP contribution in [-0.2, 0) is 0 Å². The summed E-state index contributed by atoms with van der Waals surface area (Å²) in [7, 11) is 0. The van der Waals surface area contributed by atoms with Gasteiger partial charge >= 0.3 is 0 Å². The summed E-state index contributed by atoms with van der Waals surface area (Å²) in [5, 5.41) is 3.52. The van der Waals surface area contributed by atoms with Crippen molar-refractivity contribution in [3.8, 4) is 0 Å². The summed E-state index contributed by atoms with van der Waals surface area (Å²) in [6.45, 7) is 9.58. The summed E-state index contributed by atoms with van der Waals surface area (Å²) >= 11 is 0. The van der Waals surface area contributed by atoms with Crippen molar-refractivity contribution in [2.75, 3.05) is 13.1 Å². The lowest BCUT2D eigenvalue weighted by atomic mass is 9.80. The monoisotopic (exact) mass is 183 g/mol. The molecule has 0 spiro atoms. The van der Waals surface area contributed by atoms with Crippen LogP contribution in [0.15, 0.2) is 0 Å². The van der Waals surface area contributed by atoms with Crippen molar-refractivity contribution in [3.63, 3.8) is 0 Å². The predicted octanol–water partition coefficient (Wildman–Crippen LogP) is 3.06. The molecule has 78 valence electrons. The van der Waals surface area contributed by atoms with Crippen molar-refractivity contribution in [2.24, 2.45) is 17.8 Å². The van der Waals surface area contributed by atoms with Crippen molar-refractivity contribution in [3.05, 3.63) is 0 Å². The van der Waals surface area contributed by atoms with Gasteiger partial charge in [0.1, 0.15) is 0 Å². The quantitative estimate of drug-likeness (QED) is 0.706. The number of hydrogen-bond donors (Lipinski definition) is 1. The number of piperidine rings is 1. The molecule has 1 saturated heterocycles. The second kappa shape index (κ2) is 5.64. The normalized spacial score (nSPS) is 29.5. The third-order valence-electron chi connectivity index (χ3n) is 3.78. The second-order valence-electron chi connectivity index (χ2n) is 4.65. The van der Waals surface area contributed by atoms with Crippen LogP contribution >= 0.6 is 0 Å². The van der Waals surface area contributed by atoms with Gasteiger partial charge in [0, 0.05) is 0 Å². The molecule has 2 atom stereocenters. The molecular formula is C12H25N. The largest absolute Gasteiger partial charge is 0.316 e. The van der Waals surface area contributed by atoms with E-state index in [0.29, 0.717) is 0 Å². The lowest BCUT2D eigenvalue weighted by Crippen LogP contribution is -2.36. The third-order valence-corrected chi connectivity index (χ3v) is 3.78. The Labute approximate surface area is 83.3 Å². The Morgan fingerprint density at radius 2 is 2.00 bits per heavy atom. The third kappa shape index (κ3) is 3.30. The zero-order chi connectivity index (χ0) is 9.68. The second-order valence-corrected chi connectivity index (χ2v) is 4.65. The van der Waals surface area contributed by atoms with Crippen molar-refractivity contribution < 1.29 is 0 Å². The molecular weight excluding hydrogens is 158 g/mol. The summed E-state index contributed by atoms with van der Waals surface area (Å²) in [6.07, 6.45) is 5.55. The lowest BCUT2D eigenvalue weighted by molar-refractivity contribution is 0.221. The van der Waals surface area contributed by atoms with Crippen molar-refractivity contribution in [1.82, 2.24) is 5.32 Å². The first-order valence-corrected chi connectivity index (χ1v) is 5.98. The molecule has 1 nitrogen and oxygen atoms in total. The van der Waals surface area contributed by atoms with Crippen molar-refractivity contribution in [1.29, 1.82) is 0 Å². The van der Waals surface area contributed by atoms with Gasteiger partial charge in [0.25, 0.3) is 0 Å². The summed E-state index contributed by atoms with van der Waals surface area (Å²) in [5.41, 5.74) is 0. The highest BCUT2D eigenvalue weighted by atomic mass is 14.9. The van der Waals surface area contributed by atoms with Gasteiger partial charge in [-0.15, -0.1) is 0 Å². The fraction of sp³-hybridized carbons (Fsp3) is 1.00. The number of hydrogen-bond acceptors (Lipinski definition) is 1. The van der Waals surface area contributed by atoms with Crippen LogP contribution < -0.4 is 5.32 Å². The number of nitrogens with one attached hydrogen (secondary N) is 1. The molecule has 0 radical (unpaired) electrons. The van der Waals surface area contributed by atoms with Crippen LogP contribution in [-0.4, -0.2) is 13.1 Å². The highest BCUT2D eigenvalue weighted by molar-refractivity contribution is 4.77. The molecule has 0 bridgehead atoms. The SMILES string of the molecule is CCC(CC)CC1CNCCC1C. The number of rotatable bonds is 4. The molecule has 1 heteroatoms. The minimum Gasteiger partial charge on any atom is -0.316 e. The van der Waals surface area contributed by atoms with Gasteiger partial charge < -0.3 is 5.32 Å². The van der Waals surface area contributed by atoms with E-state index in [1.54, 1.807) is 0 Å². The average molecular weight is 183 g/mol. The molecule has 1 N–H and O–H groups in total. The Morgan fingerprint density at radius 1 is 1.31 bits per heavy atom. The van der Waals surface area contributed by atoms with Crippen LogP contribution in [0.3, 0.4) is 0 Å². The van der Waals surface area contributed by atoms with Crippen LogP contribution in [0.5, 0.6) is 0 Å². The van der Waals surface area contributed by atoms with Crippen LogP contribution in [0, 0.1) is 17.8 Å². The predicted molar refractivity (Wildman–Crippen MR) is 58.8 cm³/mol. The summed E-state index contributed by atoms with van der Waals surface area (Å²) in [5.74, 6) is 2.85. The zero-order valence-electron chi connectivity index (χ0n) is 9.47. The van der Waals surface area contributed by atoms with E-state index in [1.807, 2.05) is 0 Å². The smallest absolute Gasteiger partial charge is 0.00179 e. The van der Waals surface area contributed by atoms with E-state index in [0.717, 1.165) is 17.8 Å². The maximum atomic E-state index is 3.52. The Balaban J connectivity index is 2.32. The van der Waals surface area contributed by atoms with Gasteiger partial charge in [0.05, 0.1) is 0 Å². The molecule has 0 aliphatic carbocycles. The molecule has 1 aliphatic rings. The standard InChI is InChI=1S/C12H25N/c1-4-11(5-2)8-12-9-13-7-6-10(12)3/h10-13H,4-9H2,1-3H3. The van der Waals surface area contributed by atoms with Gasteiger partial charge in [-0.2, -0.15) is 0 Å². The summed E-state index contributed by atoms with van der Waals surface area (Å²) in [6, 6.07) is 0. The lowest BCUT2D eigenvalue weighted by Gasteiger charge is -2.32. The van der Waals surface area contributed by atoms with Gasteiger partial charge in [-0.05, 0) is 43.7 Å². The van der Waals surface area contributed by atoms with Crippen LogP contribution in [0.25, 0.3) is 0 Å². The van der Waals surface area contributed by atoms with Crippen LogP contribution in [0.2, 0.25) is 0 Å². The molecule has 2 unspecified atom stereocenters. The highest BCUT2D eigenvalue weighted by Gasteiger charge is 2.22. The first-order valence-electron chi connectivity index (χ1n) is 5.98. The molecule has 0 saturated carbocycles. The van der Waals surface area contributed by atoms with E-state index in [1.165, 1.54) is 38.8 Å². The molecule has 0 amide bonds. The van der Waals surface area contributed by atoms with E-state index in [4.69, 9.17) is 0 Å². The van der Waals surface area contributed by atoms with E-state index in [-0.39, 0.29) is 0 Å². The maximum absolute atomic E-state index is 3.52. The van der Waals surface area contributed by atoms with Crippen molar-refractivity contribution >= 4 is 0 Å². The van der Waals surface area contributed by atoms with Gasteiger partial charge in [-0.25, -0.2) is 0 Å². The van der Waals surface area contributed by atoms with E-state index < -0.39 is 0 Å². The van der Waals surface area contributed by atoms with E-state index in [2.05, 4.69) is 26.1 Å². The van der Waals surface area contributed by atoms with Gasteiger partial charge in [0.2, 0.25) is 0 Å². The molecule has 1 aliphatic heterocycles. The highest BCUT2D eigenvalue weighted by Crippen LogP contribution is 2.27. The van der Waals surface area contributed by atoms with Crippen molar-refractivity contribution in [2.45, 2.75) is 46.5 Å². The zero-order valence-corrected chi connectivity index (χ0v) is 9.47. The molecule has 13 heavy (non-hydrogen) atoms. The van der Waals surface area contributed by atoms with Gasteiger partial charge in [-0.3, -0.25) is 0 Å². The topological polar surface area (TPSA) is 12.0 Å². The summed E-state index contributed by atoms with van der Waals surface area (Å²) < 4.78 is 0. The molecule has 1 heterocycles. The Bertz CT molecular complexity index is 129. The fourth-order valence-electron chi connectivity index (χ4n) is 2.42. The molecule has 0 aromatic carbocycles. The minimum absolute atomic E-state index is 0.943. The van der Waals surface area contributed by atoms with Crippen LogP contribution in [0.1, 0.15) is 46.5 Å². The Hall–Kier alpha value is -0.0400. The van der Waals surface area contributed by atoms with Crippen LogP contribution in [0.4, 0.5) is 0 Å². The molecule has 1 fully saturated rings. The van der Waals surface area contributed by atoms with E-state index >= 15 is 0 Å². The maximum Gasteiger partial charge on any atom is -0.00179 e. The van der Waals surface area contributed by atoms with Gasteiger partial charge in [0.15, 0.2) is 0 Å². The fourth-order valence-corrected chi connectivity index (χ4v) is 2.42. The minimum atomic E-state index is 0.943. The Kier molecular flexibility index (Phi) is 4.79. The Morgan fingerprint density at radius 3 is 2.54 bits per heavy atom. The molecule has 0 aromatic heterocycles. The van der Waals surface area contributed by atoms with Gasteiger partial charge in [-0.1, -0.05) is 33.6 Å². The first-order chi connectivity index (χ1) is 6.27. The van der Waals surface area contributed by atoms with E-state index in [9.17, 15) is 0 Å².